The van der Waals surface area contributed by atoms with E-state index in [0.29, 0.717) is 12.2 Å². The summed E-state index contributed by atoms with van der Waals surface area (Å²) < 4.78 is 44.8. The molecule has 2 N–H and O–H groups in total. The summed E-state index contributed by atoms with van der Waals surface area (Å²) in [6, 6.07) is 5.08. The lowest BCUT2D eigenvalue weighted by Crippen LogP contribution is -2.12. The Balaban J connectivity index is 1.97. The molecule has 20 heavy (non-hydrogen) atoms. The standard InChI is InChI=1S/C12H13F3N4O/c13-12(14,15)10-3-1-2-4-11(10)20-6-5-19-8-9(7-16)17-18-19/h1-4,8H,5-7,16H2. The van der Waals surface area contributed by atoms with Gasteiger partial charge in [0.15, 0.2) is 0 Å². The average molecular weight is 286 g/mol. The van der Waals surface area contributed by atoms with Gasteiger partial charge in [0.2, 0.25) is 0 Å². The minimum Gasteiger partial charge on any atom is -0.491 e. The fourth-order valence-corrected chi connectivity index (χ4v) is 1.62. The summed E-state index contributed by atoms with van der Waals surface area (Å²) in [5.41, 5.74) is 5.20. The van der Waals surface area contributed by atoms with Crippen molar-refractivity contribution in [3.63, 3.8) is 0 Å². The topological polar surface area (TPSA) is 66.0 Å². The number of hydrogen-bond donors (Lipinski definition) is 1. The molecule has 108 valence electrons. The van der Waals surface area contributed by atoms with Crippen LogP contribution in [0, 0.1) is 0 Å². The number of alkyl halides is 3. The number of rotatable bonds is 5. The largest absolute Gasteiger partial charge is 0.491 e. The van der Waals surface area contributed by atoms with Crippen LogP contribution in [0.25, 0.3) is 0 Å². The predicted molar refractivity (Wildman–Crippen MR) is 64.9 cm³/mol. The zero-order valence-corrected chi connectivity index (χ0v) is 10.5. The Morgan fingerprint density at radius 2 is 2.00 bits per heavy atom. The summed E-state index contributed by atoms with van der Waals surface area (Å²) in [4.78, 5) is 0. The second-order valence-corrected chi connectivity index (χ2v) is 4.02. The van der Waals surface area contributed by atoms with Crippen molar-refractivity contribution in [2.45, 2.75) is 19.3 Å². The molecule has 5 nitrogen and oxygen atoms in total. The van der Waals surface area contributed by atoms with E-state index in [2.05, 4.69) is 10.3 Å². The number of benzene rings is 1. The number of hydrogen-bond acceptors (Lipinski definition) is 4. The molecule has 1 heterocycles. The Morgan fingerprint density at radius 1 is 1.25 bits per heavy atom. The van der Waals surface area contributed by atoms with Gasteiger partial charge in [-0.15, -0.1) is 5.10 Å². The van der Waals surface area contributed by atoms with E-state index in [9.17, 15) is 13.2 Å². The molecule has 1 aromatic heterocycles. The van der Waals surface area contributed by atoms with Crippen molar-refractivity contribution in [1.82, 2.24) is 15.0 Å². The van der Waals surface area contributed by atoms with Gasteiger partial charge in [0.05, 0.1) is 17.8 Å². The van der Waals surface area contributed by atoms with Crippen LogP contribution in [0.3, 0.4) is 0 Å². The third-order valence-corrected chi connectivity index (χ3v) is 2.57. The van der Waals surface area contributed by atoms with Gasteiger partial charge in [-0.1, -0.05) is 17.3 Å². The fraction of sp³-hybridized carbons (Fsp3) is 0.333. The van der Waals surface area contributed by atoms with Crippen LogP contribution in [0.4, 0.5) is 13.2 Å². The van der Waals surface area contributed by atoms with Gasteiger partial charge in [0.25, 0.3) is 0 Å². The average Bonchev–Trinajstić information content (AvgIpc) is 2.86. The second kappa shape index (κ2) is 5.91. The summed E-state index contributed by atoms with van der Waals surface area (Å²) in [5.74, 6) is -0.195. The number of para-hydroxylation sites is 1. The number of halogens is 3. The van der Waals surface area contributed by atoms with Crippen molar-refractivity contribution < 1.29 is 17.9 Å². The molecule has 0 aliphatic rings. The first-order valence-electron chi connectivity index (χ1n) is 5.89. The SMILES string of the molecule is NCc1cn(CCOc2ccccc2C(F)(F)F)nn1. The van der Waals surface area contributed by atoms with Gasteiger partial charge < -0.3 is 10.5 Å². The molecule has 0 radical (unpaired) electrons. The second-order valence-electron chi connectivity index (χ2n) is 4.02. The zero-order valence-electron chi connectivity index (χ0n) is 10.5. The number of ether oxygens (including phenoxy) is 1. The molecule has 0 saturated carbocycles. The van der Waals surface area contributed by atoms with Gasteiger partial charge in [-0.05, 0) is 12.1 Å². The number of nitrogens with two attached hydrogens (primary N) is 1. The van der Waals surface area contributed by atoms with Gasteiger partial charge >= 0.3 is 6.18 Å². The van der Waals surface area contributed by atoms with Gasteiger partial charge in [0.1, 0.15) is 12.4 Å². The molecular formula is C12H13F3N4O. The van der Waals surface area contributed by atoms with E-state index in [4.69, 9.17) is 10.5 Å². The van der Waals surface area contributed by atoms with Crippen LogP contribution in [-0.2, 0) is 19.3 Å². The van der Waals surface area contributed by atoms with Crippen molar-refractivity contribution in [3.05, 3.63) is 41.7 Å². The zero-order chi connectivity index (χ0) is 14.6. The smallest absolute Gasteiger partial charge is 0.419 e. The van der Waals surface area contributed by atoms with Crippen LogP contribution in [0.5, 0.6) is 5.75 Å². The van der Waals surface area contributed by atoms with Gasteiger partial charge in [-0.2, -0.15) is 13.2 Å². The van der Waals surface area contributed by atoms with E-state index in [1.165, 1.54) is 22.9 Å². The minimum atomic E-state index is -4.43. The quantitative estimate of drug-likeness (QED) is 0.910. The van der Waals surface area contributed by atoms with E-state index in [1.54, 1.807) is 6.20 Å². The fourth-order valence-electron chi connectivity index (χ4n) is 1.62. The van der Waals surface area contributed by atoms with Crippen LogP contribution in [0.15, 0.2) is 30.5 Å². The molecule has 0 bridgehead atoms. The lowest BCUT2D eigenvalue weighted by Gasteiger charge is -2.13. The molecule has 1 aromatic carbocycles. The van der Waals surface area contributed by atoms with Crippen LogP contribution < -0.4 is 10.5 Å². The highest BCUT2D eigenvalue weighted by molar-refractivity contribution is 5.35. The van der Waals surface area contributed by atoms with Crippen LogP contribution in [-0.4, -0.2) is 21.6 Å². The Morgan fingerprint density at radius 3 is 2.65 bits per heavy atom. The molecule has 0 fully saturated rings. The Labute approximate surface area is 113 Å². The van der Waals surface area contributed by atoms with Crippen LogP contribution in [0.2, 0.25) is 0 Å². The maximum atomic E-state index is 12.7. The van der Waals surface area contributed by atoms with Crippen molar-refractivity contribution >= 4 is 0 Å². The van der Waals surface area contributed by atoms with E-state index < -0.39 is 11.7 Å². The summed E-state index contributed by atoms with van der Waals surface area (Å²) in [6.45, 7) is 0.609. The summed E-state index contributed by atoms with van der Waals surface area (Å²) in [5, 5.41) is 7.54. The Hall–Kier alpha value is -2.09. The van der Waals surface area contributed by atoms with Crippen molar-refractivity contribution in [3.8, 4) is 5.75 Å². The van der Waals surface area contributed by atoms with E-state index in [1.807, 2.05) is 0 Å². The van der Waals surface area contributed by atoms with Gasteiger partial charge in [0, 0.05) is 12.7 Å². The molecule has 8 heteroatoms. The van der Waals surface area contributed by atoms with E-state index in [0.717, 1.165) is 6.07 Å². The van der Waals surface area contributed by atoms with Gasteiger partial charge in [-0.3, -0.25) is 0 Å². The normalized spacial score (nSPS) is 11.6. The molecule has 0 spiro atoms. The van der Waals surface area contributed by atoms with Crippen LogP contribution in [0.1, 0.15) is 11.3 Å². The first-order chi connectivity index (χ1) is 9.50. The van der Waals surface area contributed by atoms with E-state index in [-0.39, 0.29) is 18.9 Å². The maximum Gasteiger partial charge on any atom is 0.419 e. The monoisotopic (exact) mass is 286 g/mol. The molecule has 0 atom stereocenters. The lowest BCUT2D eigenvalue weighted by atomic mass is 10.2. The summed E-state index contributed by atoms with van der Waals surface area (Å²) in [6.07, 6.45) is -2.81. The van der Waals surface area contributed by atoms with Gasteiger partial charge in [-0.25, -0.2) is 4.68 Å². The first kappa shape index (κ1) is 14.3. The molecule has 2 rings (SSSR count). The molecule has 0 aliphatic carbocycles. The first-order valence-corrected chi connectivity index (χ1v) is 5.89. The molecule has 2 aromatic rings. The predicted octanol–water partition coefficient (Wildman–Crippen LogP) is 1.83. The molecule has 0 aliphatic heterocycles. The van der Waals surface area contributed by atoms with E-state index >= 15 is 0 Å². The highest BCUT2D eigenvalue weighted by atomic mass is 19.4. The molecule has 0 unspecified atom stereocenters. The summed E-state index contributed by atoms with van der Waals surface area (Å²) in [7, 11) is 0. The minimum absolute atomic E-state index is 0.0560. The number of aromatic nitrogens is 3. The lowest BCUT2D eigenvalue weighted by molar-refractivity contribution is -0.139. The highest BCUT2D eigenvalue weighted by Crippen LogP contribution is 2.35. The Bertz CT molecular complexity index is 568. The summed E-state index contributed by atoms with van der Waals surface area (Å²) >= 11 is 0. The molecule has 0 amide bonds. The number of nitrogens with zero attached hydrogens (tertiary/aromatic N) is 3. The van der Waals surface area contributed by atoms with Crippen molar-refractivity contribution in [1.29, 1.82) is 0 Å². The Kier molecular flexibility index (Phi) is 4.23. The van der Waals surface area contributed by atoms with Crippen molar-refractivity contribution in [2.75, 3.05) is 6.61 Å². The third-order valence-electron chi connectivity index (χ3n) is 2.57. The molecular weight excluding hydrogens is 273 g/mol. The van der Waals surface area contributed by atoms with Crippen molar-refractivity contribution in [2.24, 2.45) is 5.73 Å². The van der Waals surface area contributed by atoms with Crippen LogP contribution >= 0.6 is 0 Å². The third kappa shape index (κ3) is 3.47. The molecule has 0 saturated heterocycles. The highest BCUT2D eigenvalue weighted by Gasteiger charge is 2.33. The maximum absolute atomic E-state index is 12.7.